The summed E-state index contributed by atoms with van der Waals surface area (Å²) < 4.78 is 0. The molecule has 0 bridgehead atoms. The van der Waals surface area contributed by atoms with Gasteiger partial charge in [-0.2, -0.15) is 0 Å². The number of para-hydroxylation sites is 2. The summed E-state index contributed by atoms with van der Waals surface area (Å²) in [6.07, 6.45) is 4.47. The van der Waals surface area contributed by atoms with Crippen LogP contribution in [0, 0.1) is 0 Å². The molecule has 57 heavy (non-hydrogen) atoms. The van der Waals surface area contributed by atoms with Gasteiger partial charge < -0.3 is 9.80 Å². The fourth-order valence-corrected chi connectivity index (χ4v) is 8.18. The topological polar surface area (TPSA) is 6.48 Å². The third-order valence-corrected chi connectivity index (χ3v) is 11.6. The van der Waals surface area contributed by atoms with Crippen LogP contribution in [0.25, 0.3) is 23.3 Å². The van der Waals surface area contributed by atoms with Crippen molar-refractivity contribution in [3.63, 3.8) is 0 Å². The lowest BCUT2D eigenvalue weighted by molar-refractivity contribution is 0.590. The molecule has 0 amide bonds. The van der Waals surface area contributed by atoms with Crippen molar-refractivity contribution in [1.29, 1.82) is 0 Å². The van der Waals surface area contributed by atoms with Crippen molar-refractivity contribution < 1.29 is 0 Å². The average molecular weight is 743 g/mol. The minimum Gasteiger partial charge on any atom is -0.311 e. The molecular weight excluding hydrogens is 689 g/mol. The van der Waals surface area contributed by atoms with E-state index in [0.717, 1.165) is 28.4 Å². The molecule has 2 heteroatoms. The van der Waals surface area contributed by atoms with Crippen LogP contribution in [0.4, 0.5) is 34.1 Å². The molecule has 0 aromatic heterocycles. The third kappa shape index (κ3) is 7.57. The Balaban J connectivity index is 1.09. The molecule has 0 spiro atoms. The molecule has 1 aliphatic carbocycles. The third-order valence-electron chi connectivity index (χ3n) is 11.6. The molecule has 0 fully saturated rings. The quantitative estimate of drug-likeness (QED) is 0.143. The van der Waals surface area contributed by atoms with Crippen LogP contribution in [0.5, 0.6) is 0 Å². The van der Waals surface area contributed by atoms with Gasteiger partial charge in [0.15, 0.2) is 0 Å². The predicted molar refractivity (Wildman–Crippen MR) is 246 cm³/mol. The van der Waals surface area contributed by atoms with E-state index in [9.17, 15) is 0 Å². The molecule has 2 nitrogen and oxygen atoms in total. The number of fused-ring (bicyclic) bond motifs is 3. The SMILES string of the molecule is CC(C)(C)c1ccc(N(c2ccc(C(C)(C)C)cc2)c2ccc3c(c2)C(C)(C)c2cc(C=Cc4ccc(N(c5ccccc5)c5ccccc5)cc4)ccc2-3)cc1. The molecular formula is C55H54N2. The van der Waals surface area contributed by atoms with Gasteiger partial charge in [-0.1, -0.05) is 165 Å². The van der Waals surface area contributed by atoms with E-state index in [1.165, 1.54) is 50.2 Å². The van der Waals surface area contributed by atoms with Crippen molar-refractivity contribution >= 4 is 46.3 Å². The monoisotopic (exact) mass is 742 g/mol. The van der Waals surface area contributed by atoms with Crippen LogP contribution in [0.1, 0.15) is 88.8 Å². The lowest BCUT2D eigenvalue weighted by atomic mass is 9.81. The van der Waals surface area contributed by atoms with E-state index in [1.54, 1.807) is 0 Å². The van der Waals surface area contributed by atoms with Crippen LogP contribution < -0.4 is 9.80 Å². The van der Waals surface area contributed by atoms with Crippen LogP contribution in [0.2, 0.25) is 0 Å². The smallest absolute Gasteiger partial charge is 0.0465 e. The predicted octanol–water partition coefficient (Wildman–Crippen LogP) is 15.7. The first-order chi connectivity index (χ1) is 27.3. The van der Waals surface area contributed by atoms with Crippen molar-refractivity contribution in [2.75, 3.05) is 9.80 Å². The second-order valence-corrected chi connectivity index (χ2v) is 18.0. The van der Waals surface area contributed by atoms with E-state index in [0.29, 0.717) is 0 Å². The summed E-state index contributed by atoms with van der Waals surface area (Å²) in [7, 11) is 0. The number of anilines is 6. The van der Waals surface area contributed by atoms with E-state index in [4.69, 9.17) is 0 Å². The minimum atomic E-state index is -0.164. The zero-order valence-corrected chi connectivity index (χ0v) is 34.7. The molecule has 0 heterocycles. The number of hydrogen-bond acceptors (Lipinski definition) is 2. The highest BCUT2D eigenvalue weighted by molar-refractivity contribution is 5.87. The van der Waals surface area contributed by atoms with Gasteiger partial charge in [-0.25, -0.2) is 0 Å². The Labute approximate surface area is 340 Å². The maximum absolute atomic E-state index is 2.43. The molecule has 0 saturated heterocycles. The first-order valence-corrected chi connectivity index (χ1v) is 20.3. The normalized spacial score (nSPS) is 13.3. The molecule has 1 aliphatic rings. The summed E-state index contributed by atoms with van der Waals surface area (Å²) in [5, 5.41) is 0. The summed E-state index contributed by atoms with van der Waals surface area (Å²) in [5.41, 5.74) is 17.3. The summed E-state index contributed by atoms with van der Waals surface area (Å²) in [6.45, 7) is 18.4. The van der Waals surface area contributed by atoms with Gasteiger partial charge in [-0.15, -0.1) is 0 Å². The highest BCUT2D eigenvalue weighted by Crippen LogP contribution is 2.51. The Morgan fingerprint density at radius 1 is 0.368 bits per heavy atom. The van der Waals surface area contributed by atoms with Crippen molar-refractivity contribution in [1.82, 2.24) is 0 Å². The fraction of sp³-hybridized carbons (Fsp3) is 0.200. The zero-order chi connectivity index (χ0) is 40.0. The summed E-state index contributed by atoms with van der Waals surface area (Å²) in [4.78, 5) is 4.71. The number of rotatable bonds is 8. The molecule has 0 aliphatic heterocycles. The summed E-state index contributed by atoms with van der Waals surface area (Å²) in [6, 6.07) is 62.2. The van der Waals surface area contributed by atoms with Crippen LogP contribution in [0.15, 0.2) is 170 Å². The van der Waals surface area contributed by atoms with Gasteiger partial charge in [0.1, 0.15) is 0 Å². The standard InChI is InChI=1S/C55H54N2/c1-53(2,3)41-24-30-46(31-25-41)57(47-32-26-42(27-33-47)54(4,5)6)48-34-36-50-49-35-23-40(37-51(49)55(7,8)52(50)38-48)20-19-39-21-28-45(29-22-39)56(43-15-11-9-12-16-43)44-17-13-10-14-18-44/h9-38H,1-8H3. The largest absolute Gasteiger partial charge is 0.311 e. The van der Waals surface area contributed by atoms with Gasteiger partial charge in [-0.05, 0) is 128 Å². The molecule has 0 atom stereocenters. The molecule has 8 rings (SSSR count). The molecule has 7 aromatic carbocycles. The van der Waals surface area contributed by atoms with Crippen molar-refractivity contribution in [3.05, 3.63) is 203 Å². The molecule has 284 valence electrons. The second-order valence-electron chi connectivity index (χ2n) is 18.0. The summed E-state index contributed by atoms with van der Waals surface area (Å²) >= 11 is 0. The fourth-order valence-electron chi connectivity index (χ4n) is 8.18. The Kier molecular flexibility index (Phi) is 9.78. The number of hydrogen-bond donors (Lipinski definition) is 0. The van der Waals surface area contributed by atoms with Crippen LogP contribution >= 0.6 is 0 Å². The zero-order valence-electron chi connectivity index (χ0n) is 34.7. The molecule has 0 saturated carbocycles. The maximum Gasteiger partial charge on any atom is 0.0465 e. The van der Waals surface area contributed by atoms with Crippen LogP contribution in [-0.4, -0.2) is 0 Å². The van der Waals surface area contributed by atoms with Gasteiger partial charge in [0.25, 0.3) is 0 Å². The minimum absolute atomic E-state index is 0.0901. The number of benzene rings is 7. The Morgan fingerprint density at radius 3 is 1.19 bits per heavy atom. The van der Waals surface area contributed by atoms with E-state index >= 15 is 0 Å². The second kappa shape index (κ2) is 14.8. The van der Waals surface area contributed by atoms with E-state index < -0.39 is 0 Å². The van der Waals surface area contributed by atoms with Crippen molar-refractivity contribution in [3.8, 4) is 11.1 Å². The molecule has 0 unspecified atom stereocenters. The first-order valence-electron chi connectivity index (χ1n) is 20.3. The lowest BCUT2D eigenvalue weighted by Crippen LogP contribution is -2.17. The molecule has 0 radical (unpaired) electrons. The summed E-state index contributed by atoms with van der Waals surface area (Å²) in [5.74, 6) is 0. The van der Waals surface area contributed by atoms with Crippen molar-refractivity contribution in [2.24, 2.45) is 0 Å². The highest BCUT2D eigenvalue weighted by Gasteiger charge is 2.36. The van der Waals surface area contributed by atoms with Crippen molar-refractivity contribution in [2.45, 2.75) is 71.6 Å². The maximum atomic E-state index is 2.43. The Bertz CT molecular complexity index is 2410. The highest BCUT2D eigenvalue weighted by atomic mass is 15.1. The van der Waals surface area contributed by atoms with Crippen LogP contribution in [0.3, 0.4) is 0 Å². The van der Waals surface area contributed by atoms with E-state index in [-0.39, 0.29) is 16.2 Å². The molecule has 0 N–H and O–H groups in total. The Hall–Kier alpha value is -6.12. The molecule has 7 aromatic rings. The van der Waals surface area contributed by atoms with Gasteiger partial charge in [0.05, 0.1) is 0 Å². The Morgan fingerprint density at radius 2 is 0.719 bits per heavy atom. The lowest BCUT2D eigenvalue weighted by Gasteiger charge is -2.29. The van der Waals surface area contributed by atoms with Gasteiger partial charge in [0.2, 0.25) is 0 Å². The van der Waals surface area contributed by atoms with E-state index in [1.807, 2.05) is 0 Å². The van der Waals surface area contributed by atoms with Gasteiger partial charge >= 0.3 is 0 Å². The van der Waals surface area contributed by atoms with Crippen LogP contribution in [-0.2, 0) is 16.2 Å². The van der Waals surface area contributed by atoms with Gasteiger partial charge in [-0.3, -0.25) is 0 Å². The van der Waals surface area contributed by atoms with Gasteiger partial charge in [0, 0.05) is 39.5 Å². The van der Waals surface area contributed by atoms with E-state index in [2.05, 4.69) is 247 Å². The first kappa shape index (κ1) is 37.8. The average Bonchev–Trinajstić information content (AvgIpc) is 3.43. The number of nitrogens with zero attached hydrogens (tertiary/aromatic N) is 2.